The van der Waals surface area contributed by atoms with Crippen molar-refractivity contribution in [3.8, 4) is 11.5 Å². The second kappa shape index (κ2) is 4.05. The smallest absolute Gasteiger partial charge is 0.357 e. The number of rotatable bonds is 2. The molecule has 1 N–H and O–H groups in total. The number of carboxylic acids is 1. The summed E-state index contributed by atoms with van der Waals surface area (Å²) in [5.41, 5.74) is 0.152. The van der Waals surface area contributed by atoms with Gasteiger partial charge in [-0.3, -0.25) is 0 Å². The minimum atomic E-state index is -1.19. The molecule has 16 heavy (non-hydrogen) atoms. The molecule has 2 aromatic rings. The summed E-state index contributed by atoms with van der Waals surface area (Å²) in [5, 5.41) is 8.66. The molecule has 0 unspecified atom stereocenters. The van der Waals surface area contributed by atoms with E-state index in [1.165, 1.54) is 18.2 Å². The SMILES string of the molecule is O=C(O)c1coc(-c2cc(F)ccc2Br)n1. The van der Waals surface area contributed by atoms with Gasteiger partial charge in [-0.2, -0.15) is 0 Å². The third kappa shape index (κ3) is 1.96. The first-order chi connectivity index (χ1) is 7.58. The number of carbonyl (C=O) groups is 1. The van der Waals surface area contributed by atoms with Crippen LogP contribution in [-0.2, 0) is 0 Å². The third-order valence-corrected chi connectivity index (χ3v) is 2.57. The van der Waals surface area contributed by atoms with Crippen LogP contribution in [0.4, 0.5) is 4.39 Å². The van der Waals surface area contributed by atoms with Crippen LogP contribution in [0.2, 0.25) is 0 Å². The molecule has 2 rings (SSSR count). The first-order valence-electron chi connectivity index (χ1n) is 4.22. The minimum Gasteiger partial charge on any atom is -0.476 e. The van der Waals surface area contributed by atoms with Crippen LogP contribution in [0, 0.1) is 5.82 Å². The summed E-state index contributed by atoms with van der Waals surface area (Å²) < 4.78 is 18.5. The highest BCUT2D eigenvalue weighted by molar-refractivity contribution is 9.10. The fourth-order valence-corrected chi connectivity index (χ4v) is 1.57. The number of benzene rings is 1. The Balaban J connectivity index is 2.50. The van der Waals surface area contributed by atoms with Gasteiger partial charge in [-0.15, -0.1) is 0 Å². The molecule has 0 spiro atoms. The highest BCUT2D eigenvalue weighted by atomic mass is 79.9. The molecule has 1 aromatic heterocycles. The van der Waals surface area contributed by atoms with Gasteiger partial charge >= 0.3 is 5.97 Å². The third-order valence-electron chi connectivity index (χ3n) is 1.88. The Morgan fingerprint density at radius 1 is 1.50 bits per heavy atom. The van der Waals surface area contributed by atoms with Crippen molar-refractivity contribution < 1.29 is 18.7 Å². The van der Waals surface area contributed by atoms with Gasteiger partial charge in [0.2, 0.25) is 5.89 Å². The minimum absolute atomic E-state index is 0.0591. The van der Waals surface area contributed by atoms with Crippen molar-refractivity contribution in [2.45, 2.75) is 0 Å². The molecule has 1 heterocycles. The molecule has 82 valence electrons. The maximum Gasteiger partial charge on any atom is 0.357 e. The first-order valence-corrected chi connectivity index (χ1v) is 5.01. The van der Waals surface area contributed by atoms with E-state index < -0.39 is 11.8 Å². The van der Waals surface area contributed by atoms with Crippen molar-refractivity contribution in [1.29, 1.82) is 0 Å². The van der Waals surface area contributed by atoms with Gasteiger partial charge in [0.1, 0.15) is 12.1 Å². The van der Waals surface area contributed by atoms with E-state index in [0.717, 1.165) is 6.26 Å². The summed E-state index contributed by atoms with van der Waals surface area (Å²) in [4.78, 5) is 14.3. The van der Waals surface area contributed by atoms with Crippen LogP contribution in [0.1, 0.15) is 10.5 Å². The summed E-state index contributed by atoms with van der Waals surface area (Å²) >= 11 is 3.20. The molecule has 0 saturated heterocycles. The molecule has 1 aromatic carbocycles. The van der Waals surface area contributed by atoms with Crippen molar-refractivity contribution in [2.24, 2.45) is 0 Å². The van der Waals surface area contributed by atoms with Gasteiger partial charge in [0.25, 0.3) is 0 Å². The Morgan fingerprint density at radius 2 is 2.25 bits per heavy atom. The van der Waals surface area contributed by atoms with Crippen LogP contribution in [-0.4, -0.2) is 16.1 Å². The molecule has 0 atom stereocenters. The lowest BCUT2D eigenvalue weighted by molar-refractivity contribution is 0.0690. The Morgan fingerprint density at radius 3 is 2.88 bits per heavy atom. The maximum atomic E-state index is 13.0. The average molecular weight is 286 g/mol. The summed E-state index contributed by atoms with van der Waals surface area (Å²) in [6.07, 6.45) is 1.01. The number of hydrogen-bond donors (Lipinski definition) is 1. The predicted octanol–water partition coefficient (Wildman–Crippen LogP) is 2.94. The highest BCUT2D eigenvalue weighted by Gasteiger charge is 2.14. The predicted molar refractivity (Wildman–Crippen MR) is 56.6 cm³/mol. The molecule has 0 saturated carbocycles. The van der Waals surface area contributed by atoms with Crippen LogP contribution < -0.4 is 0 Å². The van der Waals surface area contributed by atoms with Crippen molar-refractivity contribution in [3.05, 3.63) is 40.4 Å². The van der Waals surface area contributed by atoms with Gasteiger partial charge in [0.15, 0.2) is 5.69 Å². The largest absolute Gasteiger partial charge is 0.476 e. The van der Waals surface area contributed by atoms with Gasteiger partial charge < -0.3 is 9.52 Å². The number of halogens is 2. The Bertz CT molecular complexity index is 553. The number of carboxylic acid groups (broad SMARTS) is 1. The van der Waals surface area contributed by atoms with Crippen molar-refractivity contribution in [2.75, 3.05) is 0 Å². The van der Waals surface area contributed by atoms with E-state index in [2.05, 4.69) is 20.9 Å². The normalized spacial score (nSPS) is 10.4. The monoisotopic (exact) mass is 285 g/mol. The van der Waals surface area contributed by atoms with E-state index in [-0.39, 0.29) is 11.6 Å². The second-order valence-corrected chi connectivity index (χ2v) is 3.82. The van der Waals surface area contributed by atoms with Gasteiger partial charge in [0.05, 0.1) is 5.56 Å². The summed E-state index contributed by atoms with van der Waals surface area (Å²) in [7, 11) is 0. The molecule has 0 radical (unpaired) electrons. The van der Waals surface area contributed by atoms with Crippen LogP contribution >= 0.6 is 15.9 Å². The van der Waals surface area contributed by atoms with E-state index in [4.69, 9.17) is 9.52 Å². The zero-order valence-corrected chi connectivity index (χ0v) is 9.36. The van der Waals surface area contributed by atoms with E-state index in [1.807, 2.05) is 0 Å². The molecule has 4 nitrogen and oxygen atoms in total. The summed E-state index contributed by atoms with van der Waals surface area (Å²) in [6, 6.07) is 3.98. The molecular formula is C10H5BrFNO3. The molecule has 0 amide bonds. The quantitative estimate of drug-likeness (QED) is 0.921. The zero-order valence-electron chi connectivity index (χ0n) is 7.78. The fraction of sp³-hybridized carbons (Fsp3) is 0. The number of aromatic nitrogens is 1. The molecular weight excluding hydrogens is 281 g/mol. The average Bonchev–Trinajstić information content (AvgIpc) is 2.70. The van der Waals surface area contributed by atoms with Crippen molar-refractivity contribution in [1.82, 2.24) is 4.98 Å². The lowest BCUT2D eigenvalue weighted by Gasteiger charge is -1.98. The van der Waals surface area contributed by atoms with E-state index in [0.29, 0.717) is 10.0 Å². The van der Waals surface area contributed by atoms with Crippen LogP contribution in [0.25, 0.3) is 11.5 Å². The topological polar surface area (TPSA) is 63.3 Å². The molecule has 0 aliphatic heterocycles. The number of nitrogens with zero attached hydrogens (tertiary/aromatic N) is 1. The lowest BCUT2D eigenvalue weighted by Crippen LogP contribution is -1.95. The molecule has 0 bridgehead atoms. The number of oxazole rings is 1. The first kappa shape index (κ1) is 10.8. The standard InChI is InChI=1S/C10H5BrFNO3/c11-7-2-1-5(12)3-6(7)9-13-8(4-16-9)10(14)15/h1-4H,(H,14,15). The maximum absolute atomic E-state index is 13.0. The van der Waals surface area contributed by atoms with Gasteiger partial charge in [-0.05, 0) is 34.1 Å². The Labute approximate surface area is 97.9 Å². The van der Waals surface area contributed by atoms with E-state index in [9.17, 15) is 9.18 Å². The Kier molecular flexibility index (Phi) is 2.74. The van der Waals surface area contributed by atoms with Gasteiger partial charge in [-0.1, -0.05) is 0 Å². The Hall–Kier alpha value is -1.69. The molecule has 0 aliphatic carbocycles. The van der Waals surface area contributed by atoms with Crippen molar-refractivity contribution >= 4 is 21.9 Å². The number of hydrogen-bond acceptors (Lipinski definition) is 3. The number of aromatic carboxylic acids is 1. The second-order valence-electron chi connectivity index (χ2n) is 2.97. The molecule has 6 heteroatoms. The lowest BCUT2D eigenvalue weighted by atomic mass is 10.2. The fourth-order valence-electron chi connectivity index (χ4n) is 1.16. The van der Waals surface area contributed by atoms with Crippen LogP contribution in [0.15, 0.2) is 33.4 Å². The summed E-state index contributed by atoms with van der Waals surface area (Å²) in [5.74, 6) is -1.58. The molecule has 0 fully saturated rings. The van der Waals surface area contributed by atoms with E-state index in [1.54, 1.807) is 0 Å². The van der Waals surface area contributed by atoms with Gasteiger partial charge in [-0.25, -0.2) is 14.2 Å². The van der Waals surface area contributed by atoms with Crippen LogP contribution in [0.5, 0.6) is 0 Å². The van der Waals surface area contributed by atoms with E-state index >= 15 is 0 Å². The summed E-state index contributed by atoms with van der Waals surface area (Å²) in [6.45, 7) is 0. The van der Waals surface area contributed by atoms with Crippen molar-refractivity contribution in [3.63, 3.8) is 0 Å². The zero-order chi connectivity index (χ0) is 11.7. The molecule has 0 aliphatic rings. The van der Waals surface area contributed by atoms with Gasteiger partial charge in [0, 0.05) is 4.47 Å². The highest BCUT2D eigenvalue weighted by Crippen LogP contribution is 2.28. The van der Waals surface area contributed by atoms with Crippen LogP contribution in [0.3, 0.4) is 0 Å².